The lowest BCUT2D eigenvalue weighted by Gasteiger charge is -2.03. The number of aromatic nitrogens is 3. The Morgan fingerprint density at radius 1 is 1.03 bits per heavy atom. The summed E-state index contributed by atoms with van der Waals surface area (Å²) in [7, 11) is 1.55. The summed E-state index contributed by atoms with van der Waals surface area (Å²) in [6, 6.07) is 21.2. The summed E-state index contributed by atoms with van der Waals surface area (Å²) in [4.78, 5) is 29.4. The fraction of sp³-hybridized carbons (Fsp3) is 0.0435. The summed E-state index contributed by atoms with van der Waals surface area (Å²) in [6.07, 6.45) is 0. The molecule has 2 heterocycles. The lowest BCUT2D eigenvalue weighted by Crippen LogP contribution is -2.42. The maximum absolute atomic E-state index is 12.8. The number of rotatable bonds is 5. The number of carbonyl (C=O) groups excluding carboxylic acids is 1. The van der Waals surface area contributed by atoms with E-state index in [1.165, 1.54) is 4.68 Å². The first kappa shape index (κ1) is 19.3. The van der Waals surface area contributed by atoms with Crippen LogP contribution in [0, 0.1) is 0 Å². The first-order valence-corrected chi connectivity index (χ1v) is 9.68. The second kappa shape index (κ2) is 7.88. The van der Waals surface area contributed by atoms with Gasteiger partial charge in [-0.3, -0.25) is 9.32 Å². The highest BCUT2D eigenvalue weighted by atomic mass is 16.5. The summed E-state index contributed by atoms with van der Waals surface area (Å²) in [5.41, 5.74) is 2.27. The van der Waals surface area contributed by atoms with E-state index in [0.717, 1.165) is 11.1 Å². The van der Waals surface area contributed by atoms with Crippen molar-refractivity contribution in [3.63, 3.8) is 0 Å². The molecule has 0 aliphatic rings. The van der Waals surface area contributed by atoms with Crippen LogP contribution in [0.15, 0.2) is 86.5 Å². The Morgan fingerprint density at radius 3 is 2.50 bits per heavy atom. The van der Waals surface area contributed by atoms with Gasteiger partial charge >= 0.3 is 17.2 Å². The first-order chi connectivity index (χ1) is 15.6. The topological polar surface area (TPSA) is 114 Å². The van der Waals surface area contributed by atoms with Crippen molar-refractivity contribution in [2.75, 3.05) is 12.4 Å². The van der Waals surface area contributed by atoms with Crippen molar-refractivity contribution in [2.24, 2.45) is 0 Å². The minimum Gasteiger partial charge on any atom is -0.497 e. The second-order valence-electron chi connectivity index (χ2n) is 6.88. The number of H-pyrrole nitrogens is 1. The maximum Gasteiger partial charge on any atom is 0.441 e. The van der Waals surface area contributed by atoms with Crippen LogP contribution in [0.5, 0.6) is 5.75 Å². The highest BCUT2D eigenvalue weighted by Crippen LogP contribution is 2.25. The number of carbonyl (C=O) groups is 1. The van der Waals surface area contributed by atoms with Crippen LogP contribution in [-0.2, 0) is 0 Å². The molecule has 0 atom stereocenters. The third-order valence-electron chi connectivity index (χ3n) is 4.88. The van der Waals surface area contributed by atoms with E-state index < -0.39 is 11.5 Å². The van der Waals surface area contributed by atoms with Crippen molar-refractivity contribution in [1.29, 1.82) is 0 Å². The van der Waals surface area contributed by atoms with Gasteiger partial charge in [-0.1, -0.05) is 12.1 Å². The van der Waals surface area contributed by atoms with Gasteiger partial charge in [0.2, 0.25) is 11.6 Å². The van der Waals surface area contributed by atoms with E-state index >= 15 is 0 Å². The maximum atomic E-state index is 12.8. The van der Waals surface area contributed by atoms with Crippen molar-refractivity contribution >= 4 is 22.7 Å². The molecule has 0 saturated heterocycles. The minimum atomic E-state index is -0.790. The number of amides is 1. The molecule has 0 radical (unpaired) electrons. The van der Waals surface area contributed by atoms with Crippen molar-refractivity contribution in [3.8, 4) is 22.9 Å². The van der Waals surface area contributed by atoms with E-state index in [2.05, 4.69) is 15.6 Å². The summed E-state index contributed by atoms with van der Waals surface area (Å²) in [6.45, 7) is 0. The van der Waals surface area contributed by atoms with Crippen LogP contribution >= 0.6 is 0 Å². The highest BCUT2D eigenvalue weighted by molar-refractivity contribution is 6.01. The number of nitrogens with one attached hydrogen (secondary N) is 2. The molecule has 0 fully saturated rings. The molecule has 32 heavy (non-hydrogen) atoms. The Bertz CT molecular complexity index is 1430. The molecule has 0 aliphatic heterocycles. The number of aromatic amines is 1. The average Bonchev–Trinajstić information content (AvgIpc) is 3.43. The van der Waals surface area contributed by atoms with Crippen LogP contribution < -0.4 is 20.4 Å². The van der Waals surface area contributed by atoms with Crippen LogP contribution in [0.4, 0.5) is 5.69 Å². The molecule has 0 spiro atoms. The lowest BCUT2D eigenvalue weighted by atomic mass is 10.2. The second-order valence-corrected chi connectivity index (χ2v) is 6.88. The molecule has 5 aromatic rings. The predicted molar refractivity (Wildman–Crippen MR) is 115 cm³/mol. The molecular formula is C23H17N4O5+. The van der Waals surface area contributed by atoms with Crippen molar-refractivity contribution < 1.29 is 23.2 Å². The monoisotopic (exact) mass is 429 g/mol. The number of para-hydroxylation sites is 2. The van der Waals surface area contributed by atoms with E-state index in [9.17, 15) is 9.59 Å². The third kappa shape index (κ3) is 3.52. The van der Waals surface area contributed by atoms with Gasteiger partial charge < -0.3 is 14.5 Å². The molecule has 1 amide bonds. The number of hydrogen-bond acceptors (Lipinski definition) is 6. The standard InChI is InChI=1S/C23H16N4O5/c1-30-17-12-10-16(11-13-17)27-20(23(29)32-26-27)21(28)24-15-8-6-14(7-9-15)22-25-18-4-2-3-5-19(18)31-22/h2-13H,1H3,(H-,24,25,26,28,29)/p+1. The number of hydrogen-bond donors (Lipinski definition) is 2. The number of oxazole rings is 1. The fourth-order valence-electron chi connectivity index (χ4n) is 3.26. The number of methoxy groups -OCH3 is 1. The van der Waals surface area contributed by atoms with Gasteiger partial charge in [-0.05, 0) is 58.5 Å². The molecule has 158 valence electrons. The van der Waals surface area contributed by atoms with E-state index in [-0.39, 0.29) is 5.69 Å². The van der Waals surface area contributed by atoms with Crippen LogP contribution in [-0.4, -0.2) is 23.3 Å². The zero-order valence-electron chi connectivity index (χ0n) is 16.9. The number of nitrogens with zero attached hydrogens (tertiary/aromatic N) is 2. The zero-order chi connectivity index (χ0) is 22.1. The molecule has 9 heteroatoms. The normalized spacial score (nSPS) is 10.9. The Labute approximate surface area is 180 Å². The summed E-state index contributed by atoms with van der Waals surface area (Å²) >= 11 is 0. The molecule has 5 rings (SSSR count). The predicted octanol–water partition coefficient (Wildman–Crippen LogP) is 3.31. The Kier molecular flexibility index (Phi) is 4.75. The van der Waals surface area contributed by atoms with Gasteiger partial charge in [0, 0.05) is 23.4 Å². The smallest absolute Gasteiger partial charge is 0.441 e. The van der Waals surface area contributed by atoms with Gasteiger partial charge in [-0.2, -0.15) is 0 Å². The zero-order valence-corrected chi connectivity index (χ0v) is 16.9. The molecule has 9 nitrogen and oxygen atoms in total. The Morgan fingerprint density at radius 2 is 1.78 bits per heavy atom. The molecule has 0 bridgehead atoms. The lowest BCUT2D eigenvalue weighted by molar-refractivity contribution is -0.672. The van der Waals surface area contributed by atoms with E-state index in [0.29, 0.717) is 28.6 Å². The third-order valence-corrected chi connectivity index (χ3v) is 4.88. The fourth-order valence-corrected chi connectivity index (χ4v) is 3.26. The molecule has 0 unspecified atom stereocenters. The molecule has 2 N–H and O–H groups in total. The molecule has 3 aromatic carbocycles. The number of anilines is 1. The van der Waals surface area contributed by atoms with E-state index in [4.69, 9.17) is 13.7 Å². The Hall–Kier alpha value is -4.66. The van der Waals surface area contributed by atoms with Gasteiger partial charge in [0.25, 0.3) is 0 Å². The first-order valence-electron chi connectivity index (χ1n) is 9.68. The quantitative estimate of drug-likeness (QED) is 0.414. The summed E-state index contributed by atoms with van der Waals surface area (Å²) in [5.74, 6) is 0.503. The van der Waals surface area contributed by atoms with Gasteiger partial charge in [0.05, 0.1) is 7.11 Å². The molecule has 2 aromatic heterocycles. The van der Waals surface area contributed by atoms with Gasteiger partial charge in [0.15, 0.2) is 5.58 Å². The minimum absolute atomic E-state index is 0.196. The summed E-state index contributed by atoms with van der Waals surface area (Å²) in [5, 5.41) is 5.15. The van der Waals surface area contributed by atoms with Crippen molar-refractivity contribution in [3.05, 3.63) is 88.9 Å². The number of ether oxygens (including phenoxy) is 1. The van der Waals surface area contributed by atoms with Gasteiger partial charge in [-0.15, -0.1) is 0 Å². The van der Waals surface area contributed by atoms with E-state index in [1.54, 1.807) is 55.6 Å². The van der Waals surface area contributed by atoms with Crippen molar-refractivity contribution in [1.82, 2.24) is 10.3 Å². The van der Waals surface area contributed by atoms with Crippen LogP contribution in [0.25, 0.3) is 28.2 Å². The molecular weight excluding hydrogens is 412 g/mol. The van der Waals surface area contributed by atoms with Crippen molar-refractivity contribution in [2.45, 2.75) is 0 Å². The SMILES string of the molecule is COc1ccc(-[n+]2[nH]oc(=O)c2C(=O)Nc2ccc(-c3nc4ccccc4o3)cc2)cc1. The van der Waals surface area contributed by atoms with Crippen LogP contribution in [0.2, 0.25) is 0 Å². The number of fused-ring (bicyclic) bond motifs is 1. The summed E-state index contributed by atoms with van der Waals surface area (Å²) < 4.78 is 17.0. The Balaban J connectivity index is 1.38. The van der Waals surface area contributed by atoms with Crippen LogP contribution in [0.3, 0.4) is 0 Å². The van der Waals surface area contributed by atoms with Gasteiger partial charge in [-0.25, -0.2) is 9.78 Å². The number of benzene rings is 3. The average molecular weight is 429 g/mol. The van der Waals surface area contributed by atoms with E-state index in [1.807, 2.05) is 24.3 Å². The molecule has 0 aliphatic carbocycles. The largest absolute Gasteiger partial charge is 0.497 e. The van der Waals surface area contributed by atoms with Gasteiger partial charge in [0.1, 0.15) is 11.3 Å². The molecule has 0 saturated carbocycles. The van der Waals surface area contributed by atoms with Crippen LogP contribution in [0.1, 0.15) is 10.5 Å². The highest BCUT2D eigenvalue weighted by Gasteiger charge is 2.31.